The topological polar surface area (TPSA) is 66.4 Å². The fourth-order valence-electron chi connectivity index (χ4n) is 2.01. The van der Waals surface area contributed by atoms with Gasteiger partial charge in [-0.2, -0.15) is 13.2 Å². The van der Waals surface area contributed by atoms with E-state index in [-0.39, 0.29) is 18.4 Å². The van der Waals surface area contributed by atoms with Crippen LogP contribution in [-0.2, 0) is 22.2 Å². The van der Waals surface area contributed by atoms with Crippen LogP contribution in [0, 0.1) is 0 Å². The summed E-state index contributed by atoms with van der Waals surface area (Å²) >= 11 is 0. The third-order valence-electron chi connectivity index (χ3n) is 3.15. The van der Waals surface area contributed by atoms with Gasteiger partial charge in [0.15, 0.2) is 0 Å². The van der Waals surface area contributed by atoms with Gasteiger partial charge in [-0.05, 0) is 30.9 Å². The highest BCUT2D eigenvalue weighted by Gasteiger charge is 2.30. The van der Waals surface area contributed by atoms with Crippen LogP contribution in [0.25, 0.3) is 0 Å². The van der Waals surface area contributed by atoms with Crippen molar-refractivity contribution >= 4 is 11.9 Å². The molecule has 7 heteroatoms. The van der Waals surface area contributed by atoms with Crippen LogP contribution < -0.4 is 5.32 Å². The number of hydrogen-bond donors (Lipinski definition) is 2. The highest BCUT2D eigenvalue weighted by molar-refractivity contribution is 5.84. The summed E-state index contributed by atoms with van der Waals surface area (Å²) < 4.78 is 37.8. The molecule has 1 aromatic carbocycles. The number of alkyl halides is 3. The fraction of sp³-hybridized carbons (Fsp3) is 0.375. The lowest BCUT2D eigenvalue weighted by Crippen LogP contribution is -2.41. The first-order chi connectivity index (χ1) is 10.7. The van der Waals surface area contributed by atoms with Crippen LogP contribution in [0.15, 0.2) is 36.9 Å². The van der Waals surface area contributed by atoms with Crippen LogP contribution in [0.4, 0.5) is 13.2 Å². The SMILES string of the molecule is C=CCCC[C@@H](NC(=O)Cc1cccc(C(F)(F)F)c1)C(=O)O. The molecule has 0 saturated heterocycles. The molecule has 1 amide bonds. The lowest BCUT2D eigenvalue weighted by Gasteiger charge is -2.14. The molecule has 0 bridgehead atoms. The van der Waals surface area contributed by atoms with Crippen molar-refractivity contribution in [3.63, 3.8) is 0 Å². The van der Waals surface area contributed by atoms with E-state index in [4.69, 9.17) is 5.11 Å². The summed E-state index contributed by atoms with van der Waals surface area (Å²) in [6, 6.07) is 3.34. The standard InChI is InChI=1S/C16H18F3NO3/c1-2-3-4-8-13(15(22)23)20-14(21)10-11-6-5-7-12(9-11)16(17,18)19/h2,5-7,9,13H,1,3-4,8,10H2,(H,20,21)(H,22,23)/t13-/m1/s1. The Kier molecular flexibility index (Phi) is 6.81. The summed E-state index contributed by atoms with van der Waals surface area (Å²) in [6.45, 7) is 3.52. The summed E-state index contributed by atoms with van der Waals surface area (Å²) in [6.07, 6.45) is -1.76. The van der Waals surface area contributed by atoms with Crippen LogP contribution in [-0.4, -0.2) is 23.0 Å². The number of allylic oxidation sites excluding steroid dienone is 1. The van der Waals surface area contributed by atoms with Gasteiger partial charge in [0.05, 0.1) is 12.0 Å². The summed E-state index contributed by atoms with van der Waals surface area (Å²) in [4.78, 5) is 22.9. The van der Waals surface area contributed by atoms with Crippen molar-refractivity contribution in [1.29, 1.82) is 0 Å². The minimum Gasteiger partial charge on any atom is -0.480 e. The summed E-state index contributed by atoms with van der Waals surface area (Å²) in [5.41, 5.74) is -0.670. The van der Waals surface area contributed by atoms with E-state index in [2.05, 4.69) is 11.9 Å². The van der Waals surface area contributed by atoms with Crippen molar-refractivity contribution in [2.75, 3.05) is 0 Å². The van der Waals surface area contributed by atoms with Gasteiger partial charge in [0, 0.05) is 0 Å². The molecule has 1 rings (SSSR count). The maximum atomic E-state index is 12.6. The largest absolute Gasteiger partial charge is 0.480 e. The molecule has 0 heterocycles. The Morgan fingerprint density at radius 2 is 2.04 bits per heavy atom. The molecule has 126 valence electrons. The van der Waals surface area contributed by atoms with Crippen molar-refractivity contribution < 1.29 is 27.9 Å². The monoisotopic (exact) mass is 329 g/mol. The molecular formula is C16H18F3NO3. The normalized spacial score (nSPS) is 12.5. The maximum absolute atomic E-state index is 12.6. The molecule has 0 aromatic heterocycles. The predicted octanol–water partition coefficient (Wildman–Crippen LogP) is 3.17. The van der Waals surface area contributed by atoms with Crippen molar-refractivity contribution in [3.8, 4) is 0 Å². The summed E-state index contributed by atoms with van der Waals surface area (Å²) in [5.74, 6) is -1.80. The van der Waals surface area contributed by atoms with Crippen molar-refractivity contribution in [1.82, 2.24) is 5.32 Å². The Hall–Kier alpha value is -2.31. The third kappa shape index (κ3) is 6.54. The molecule has 0 aliphatic rings. The minimum absolute atomic E-state index is 0.174. The molecule has 1 aromatic rings. The average molecular weight is 329 g/mol. The van der Waals surface area contributed by atoms with E-state index in [0.29, 0.717) is 12.8 Å². The lowest BCUT2D eigenvalue weighted by molar-refractivity contribution is -0.142. The second kappa shape index (κ2) is 8.36. The number of carboxylic acids is 1. The summed E-state index contributed by atoms with van der Waals surface area (Å²) in [7, 11) is 0. The number of rotatable bonds is 8. The Balaban J connectivity index is 2.67. The number of carbonyl (C=O) groups is 2. The third-order valence-corrected chi connectivity index (χ3v) is 3.15. The van der Waals surface area contributed by atoms with Gasteiger partial charge in [0.25, 0.3) is 0 Å². The van der Waals surface area contributed by atoms with Crippen LogP contribution in [0.2, 0.25) is 0 Å². The number of amides is 1. The van der Waals surface area contributed by atoms with Gasteiger partial charge < -0.3 is 10.4 Å². The number of hydrogen-bond acceptors (Lipinski definition) is 2. The van der Waals surface area contributed by atoms with E-state index in [1.807, 2.05) is 0 Å². The Bertz CT molecular complexity index is 570. The molecule has 0 saturated carbocycles. The van der Waals surface area contributed by atoms with Gasteiger partial charge in [0.1, 0.15) is 6.04 Å². The molecule has 1 atom stereocenters. The van der Waals surface area contributed by atoms with E-state index >= 15 is 0 Å². The van der Waals surface area contributed by atoms with Gasteiger partial charge in [-0.15, -0.1) is 6.58 Å². The zero-order valence-electron chi connectivity index (χ0n) is 12.4. The van der Waals surface area contributed by atoms with E-state index < -0.39 is 29.7 Å². The molecule has 0 aliphatic carbocycles. The van der Waals surface area contributed by atoms with Gasteiger partial charge in [-0.3, -0.25) is 4.79 Å². The van der Waals surface area contributed by atoms with Gasteiger partial charge in [-0.1, -0.05) is 24.3 Å². The van der Waals surface area contributed by atoms with E-state index in [0.717, 1.165) is 12.1 Å². The molecule has 4 nitrogen and oxygen atoms in total. The second-order valence-corrected chi connectivity index (χ2v) is 5.05. The molecule has 0 spiro atoms. The number of aliphatic carboxylic acids is 1. The molecule has 0 aliphatic heterocycles. The molecule has 0 unspecified atom stereocenters. The first-order valence-corrected chi connectivity index (χ1v) is 7.03. The molecule has 0 fully saturated rings. The van der Waals surface area contributed by atoms with Crippen molar-refractivity contribution in [2.45, 2.75) is 37.9 Å². The van der Waals surface area contributed by atoms with E-state index in [1.54, 1.807) is 6.08 Å². The number of carbonyl (C=O) groups excluding carboxylic acids is 1. The van der Waals surface area contributed by atoms with Crippen LogP contribution in [0.1, 0.15) is 30.4 Å². The van der Waals surface area contributed by atoms with Crippen LogP contribution in [0.3, 0.4) is 0 Å². The van der Waals surface area contributed by atoms with Gasteiger partial charge in [0.2, 0.25) is 5.91 Å². The molecule has 0 radical (unpaired) electrons. The molecular weight excluding hydrogens is 311 g/mol. The molecule has 2 N–H and O–H groups in total. The van der Waals surface area contributed by atoms with E-state index in [9.17, 15) is 22.8 Å². The number of nitrogens with one attached hydrogen (secondary N) is 1. The number of benzene rings is 1. The smallest absolute Gasteiger partial charge is 0.416 e. The number of carboxylic acid groups (broad SMARTS) is 1. The minimum atomic E-state index is -4.49. The Labute approximate surface area is 132 Å². The average Bonchev–Trinajstić information content (AvgIpc) is 2.45. The Morgan fingerprint density at radius 3 is 2.61 bits per heavy atom. The Morgan fingerprint density at radius 1 is 1.35 bits per heavy atom. The van der Waals surface area contributed by atoms with Gasteiger partial charge in [-0.25, -0.2) is 4.79 Å². The zero-order valence-corrected chi connectivity index (χ0v) is 12.4. The van der Waals surface area contributed by atoms with Gasteiger partial charge >= 0.3 is 12.1 Å². The maximum Gasteiger partial charge on any atom is 0.416 e. The quantitative estimate of drug-likeness (QED) is 0.569. The van der Waals surface area contributed by atoms with Crippen molar-refractivity contribution in [2.24, 2.45) is 0 Å². The first kappa shape index (κ1) is 18.7. The highest BCUT2D eigenvalue weighted by Crippen LogP contribution is 2.29. The molecule has 23 heavy (non-hydrogen) atoms. The zero-order chi connectivity index (χ0) is 17.5. The van der Waals surface area contributed by atoms with Crippen LogP contribution in [0.5, 0.6) is 0 Å². The van der Waals surface area contributed by atoms with Crippen molar-refractivity contribution in [3.05, 3.63) is 48.0 Å². The predicted molar refractivity (Wildman–Crippen MR) is 78.8 cm³/mol. The second-order valence-electron chi connectivity index (χ2n) is 5.05. The number of unbranched alkanes of at least 4 members (excludes halogenated alkanes) is 1. The first-order valence-electron chi connectivity index (χ1n) is 7.03. The fourth-order valence-corrected chi connectivity index (χ4v) is 2.01. The number of halogens is 3. The van der Waals surface area contributed by atoms with Crippen LogP contribution >= 0.6 is 0 Å². The lowest BCUT2D eigenvalue weighted by atomic mass is 10.1. The van der Waals surface area contributed by atoms with E-state index in [1.165, 1.54) is 12.1 Å². The summed E-state index contributed by atoms with van der Waals surface area (Å²) in [5, 5.41) is 11.4. The highest BCUT2D eigenvalue weighted by atomic mass is 19.4.